The Bertz CT molecular complexity index is 477. The molecule has 16 heavy (non-hydrogen) atoms. The van der Waals surface area contributed by atoms with Crippen LogP contribution in [0.5, 0.6) is 5.88 Å². The van der Waals surface area contributed by atoms with E-state index in [4.69, 9.17) is 10.5 Å². The standard InChI is InChI=1S/C12H15N3O/c1-3-15-11(13)10(12(14-15)16-2)9-7-5-4-6-8-9/h4-8H,3,13H2,1-2H3. The van der Waals surface area contributed by atoms with Crippen molar-refractivity contribution in [2.75, 3.05) is 12.8 Å². The molecule has 1 heterocycles. The van der Waals surface area contributed by atoms with E-state index in [9.17, 15) is 0 Å². The number of aryl methyl sites for hydroxylation is 1. The summed E-state index contributed by atoms with van der Waals surface area (Å²) in [5.41, 5.74) is 7.93. The number of aromatic nitrogens is 2. The number of rotatable bonds is 3. The Morgan fingerprint density at radius 2 is 2.00 bits per heavy atom. The maximum atomic E-state index is 6.04. The van der Waals surface area contributed by atoms with Crippen LogP contribution in [0.4, 0.5) is 5.82 Å². The lowest BCUT2D eigenvalue weighted by Crippen LogP contribution is -2.02. The third kappa shape index (κ3) is 1.62. The predicted octanol–water partition coefficient (Wildman–Crippen LogP) is 2.16. The second-order valence-electron chi connectivity index (χ2n) is 3.45. The van der Waals surface area contributed by atoms with Gasteiger partial charge in [-0.25, -0.2) is 4.68 Å². The van der Waals surface area contributed by atoms with Crippen molar-refractivity contribution in [2.24, 2.45) is 0 Å². The number of nitrogen functional groups attached to an aromatic ring is 1. The number of methoxy groups -OCH3 is 1. The van der Waals surface area contributed by atoms with Crippen LogP contribution < -0.4 is 10.5 Å². The smallest absolute Gasteiger partial charge is 0.242 e. The SMILES string of the molecule is CCn1nc(OC)c(-c2ccccc2)c1N. The molecular weight excluding hydrogens is 202 g/mol. The number of hydrogen-bond donors (Lipinski definition) is 1. The molecule has 0 amide bonds. The summed E-state index contributed by atoms with van der Waals surface area (Å²) >= 11 is 0. The lowest BCUT2D eigenvalue weighted by atomic mass is 10.1. The van der Waals surface area contributed by atoms with E-state index in [0.717, 1.165) is 17.7 Å². The van der Waals surface area contributed by atoms with Crippen LogP contribution in [0.25, 0.3) is 11.1 Å². The quantitative estimate of drug-likeness (QED) is 0.857. The van der Waals surface area contributed by atoms with Gasteiger partial charge in [-0.2, -0.15) is 0 Å². The van der Waals surface area contributed by atoms with Crippen molar-refractivity contribution in [3.8, 4) is 17.0 Å². The minimum Gasteiger partial charge on any atom is -0.479 e. The molecule has 0 spiro atoms. The van der Waals surface area contributed by atoms with Crippen molar-refractivity contribution in [1.29, 1.82) is 0 Å². The lowest BCUT2D eigenvalue weighted by Gasteiger charge is -2.02. The molecule has 0 saturated heterocycles. The highest BCUT2D eigenvalue weighted by Gasteiger charge is 2.16. The Morgan fingerprint density at radius 3 is 2.56 bits per heavy atom. The Morgan fingerprint density at radius 1 is 1.31 bits per heavy atom. The van der Waals surface area contributed by atoms with Gasteiger partial charge in [-0.3, -0.25) is 0 Å². The first-order valence-corrected chi connectivity index (χ1v) is 5.23. The van der Waals surface area contributed by atoms with Crippen LogP contribution in [-0.4, -0.2) is 16.9 Å². The average molecular weight is 217 g/mol. The van der Waals surface area contributed by atoms with Gasteiger partial charge >= 0.3 is 0 Å². The number of nitrogens with two attached hydrogens (primary N) is 1. The summed E-state index contributed by atoms with van der Waals surface area (Å²) in [4.78, 5) is 0. The van der Waals surface area contributed by atoms with Gasteiger partial charge in [0.15, 0.2) is 0 Å². The molecule has 0 unspecified atom stereocenters. The zero-order chi connectivity index (χ0) is 11.5. The van der Waals surface area contributed by atoms with Crippen LogP contribution in [-0.2, 0) is 6.54 Å². The summed E-state index contributed by atoms with van der Waals surface area (Å²) in [6.07, 6.45) is 0. The Labute approximate surface area is 94.6 Å². The van der Waals surface area contributed by atoms with Crippen LogP contribution in [0.1, 0.15) is 6.92 Å². The average Bonchev–Trinajstić information content (AvgIpc) is 2.66. The van der Waals surface area contributed by atoms with E-state index in [2.05, 4.69) is 5.10 Å². The third-order valence-electron chi connectivity index (χ3n) is 2.51. The van der Waals surface area contributed by atoms with Gasteiger partial charge in [-0.05, 0) is 12.5 Å². The molecule has 2 N–H and O–H groups in total. The largest absolute Gasteiger partial charge is 0.479 e. The first kappa shape index (κ1) is 10.5. The molecule has 0 saturated carbocycles. The summed E-state index contributed by atoms with van der Waals surface area (Å²) in [7, 11) is 1.61. The fraction of sp³-hybridized carbons (Fsp3) is 0.250. The number of ether oxygens (including phenoxy) is 1. The fourth-order valence-electron chi connectivity index (χ4n) is 1.71. The number of hydrogen-bond acceptors (Lipinski definition) is 3. The van der Waals surface area contributed by atoms with Gasteiger partial charge in [0.2, 0.25) is 5.88 Å². The molecular formula is C12H15N3O. The van der Waals surface area contributed by atoms with Crippen molar-refractivity contribution < 1.29 is 4.74 Å². The molecule has 1 aromatic carbocycles. The highest BCUT2D eigenvalue weighted by Crippen LogP contribution is 2.34. The maximum Gasteiger partial charge on any atom is 0.242 e. The normalized spacial score (nSPS) is 10.4. The zero-order valence-electron chi connectivity index (χ0n) is 9.47. The minimum absolute atomic E-state index is 0.575. The molecule has 0 aliphatic rings. The van der Waals surface area contributed by atoms with E-state index < -0.39 is 0 Å². The van der Waals surface area contributed by atoms with E-state index in [0.29, 0.717) is 11.7 Å². The Kier molecular flexibility index (Phi) is 2.81. The second kappa shape index (κ2) is 4.26. The molecule has 0 aliphatic carbocycles. The van der Waals surface area contributed by atoms with E-state index in [-0.39, 0.29) is 0 Å². The van der Waals surface area contributed by atoms with Crippen molar-refractivity contribution in [2.45, 2.75) is 13.5 Å². The lowest BCUT2D eigenvalue weighted by molar-refractivity contribution is 0.391. The Hall–Kier alpha value is -1.97. The number of nitrogens with zero attached hydrogens (tertiary/aromatic N) is 2. The van der Waals surface area contributed by atoms with E-state index in [1.165, 1.54) is 0 Å². The highest BCUT2D eigenvalue weighted by atomic mass is 16.5. The van der Waals surface area contributed by atoms with Gasteiger partial charge in [-0.1, -0.05) is 30.3 Å². The summed E-state index contributed by atoms with van der Waals surface area (Å²) in [5, 5.41) is 4.29. The molecule has 4 heteroatoms. The molecule has 0 bridgehead atoms. The van der Waals surface area contributed by atoms with Crippen LogP contribution in [0.2, 0.25) is 0 Å². The Balaban J connectivity index is 2.59. The first-order valence-electron chi connectivity index (χ1n) is 5.23. The highest BCUT2D eigenvalue weighted by molar-refractivity contribution is 5.78. The fourth-order valence-corrected chi connectivity index (χ4v) is 1.71. The van der Waals surface area contributed by atoms with Crippen LogP contribution in [0, 0.1) is 0 Å². The van der Waals surface area contributed by atoms with Crippen LogP contribution in [0.15, 0.2) is 30.3 Å². The number of anilines is 1. The molecule has 2 aromatic rings. The molecule has 0 aliphatic heterocycles. The van der Waals surface area contributed by atoms with Crippen molar-refractivity contribution in [1.82, 2.24) is 9.78 Å². The van der Waals surface area contributed by atoms with Crippen LogP contribution in [0.3, 0.4) is 0 Å². The second-order valence-corrected chi connectivity index (χ2v) is 3.45. The van der Waals surface area contributed by atoms with E-state index in [1.807, 2.05) is 37.3 Å². The third-order valence-corrected chi connectivity index (χ3v) is 2.51. The summed E-state index contributed by atoms with van der Waals surface area (Å²) in [5.74, 6) is 1.22. The van der Waals surface area contributed by atoms with Crippen molar-refractivity contribution in [3.63, 3.8) is 0 Å². The first-order chi connectivity index (χ1) is 7.77. The van der Waals surface area contributed by atoms with Crippen molar-refractivity contribution in [3.05, 3.63) is 30.3 Å². The number of benzene rings is 1. The summed E-state index contributed by atoms with van der Waals surface area (Å²) in [6, 6.07) is 9.90. The molecule has 0 atom stereocenters. The summed E-state index contributed by atoms with van der Waals surface area (Å²) in [6.45, 7) is 2.73. The van der Waals surface area contributed by atoms with Gasteiger partial charge < -0.3 is 10.5 Å². The molecule has 0 radical (unpaired) electrons. The monoisotopic (exact) mass is 217 g/mol. The maximum absolute atomic E-state index is 6.04. The topological polar surface area (TPSA) is 53.1 Å². The van der Waals surface area contributed by atoms with Gasteiger partial charge in [-0.15, -0.1) is 5.10 Å². The van der Waals surface area contributed by atoms with Gasteiger partial charge in [0, 0.05) is 6.54 Å². The molecule has 1 aromatic heterocycles. The minimum atomic E-state index is 0.575. The summed E-state index contributed by atoms with van der Waals surface area (Å²) < 4.78 is 6.99. The van der Waals surface area contributed by atoms with Crippen molar-refractivity contribution >= 4 is 5.82 Å². The van der Waals surface area contributed by atoms with E-state index in [1.54, 1.807) is 11.8 Å². The molecule has 0 fully saturated rings. The van der Waals surface area contributed by atoms with Gasteiger partial charge in [0.25, 0.3) is 0 Å². The molecule has 4 nitrogen and oxygen atoms in total. The van der Waals surface area contributed by atoms with Gasteiger partial charge in [0.1, 0.15) is 5.82 Å². The molecule has 2 rings (SSSR count). The van der Waals surface area contributed by atoms with E-state index >= 15 is 0 Å². The van der Waals surface area contributed by atoms with Crippen LogP contribution >= 0.6 is 0 Å². The predicted molar refractivity (Wildman–Crippen MR) is 64.3 cm³/mol. The zero-order valence-corrected chi connectivity index (χ0v) is 9.47. The molecule has 84 valence electrons. The van der Waals surface area contributed by atoms with Gasteiger partial charge in [0.05, 0.1) is 12.7 Å².